The molecule has 1 aliphatic heterocycles. The van der Waals surface area contributed by atoms with Crippen LogP contribution in [0.4, 0.5) is 17.5 Å². The summed E-state index contributed by atoms with van der Waals surface area (Å²) in [6.07, 6.45) is 13.1. The van der Waals surface area contributed by atoms with Gasteiger partial charge in [-0.1, -0.05) is 22.4 Å². The van der Waals surface area contributed by atoms with Crippen molar-refractivity contribution >= 4 is 44.5 Å². The number of rotatable bonds is 6. The van der Waals surface area contributed by atoms with Gasteiger partial charge in [0.1, 0.15) is 0 Å². The van der Waals surface area contributed by atoms with Crippen LogP contribution < -0.4 is 10.6 Å². The highest BCUT2D eigenvalue weighted by atomic mass is 79.9. The van der Waals surface area contributed by atoms with Gasteiger partial charge in [-0.05, 0) is 82.7 Å². The molecule has 8 nitrogen and oxygen atoms in total. The molecule has 3 aromatic rings. The fourth-order valence-corrected chi connectivity index (χ4v) is 6.10. The first-order valence-electron chi connectivity index (χ1n) is 12.9. The molecule has 2 saturated carbocycles. The summed E-state index contributed by atoms with van der Waals surface area (Å²) in [6, 6.07) is 9.38. The normalized spacial score (nSPS) is 23.2. The predicted octanol–water partition coefficient (Wildman–Crippen LogP) is 5.75. The summed E-state index contributed by atoms with van der Waals surface area (Å²) in [5, 5.41) is 16.4. The van der Waals surface area contributed by atoms with Crippen molar-refractivity contribution in [3.8, 4) is 6.07 Å². The van der Waals surface area contributed by atoms with E-state index in [9.17, 15) is 5.26 Å². The third-order valence-corrected chi connectivity index (χ3v) is 8.05. The number of piperidine rings is 1. The van der Waals surface area contributed by atoms with Gasteiger partial charge in [0.25, 0.3) is 0 Å². The summed E-state index contributed by atoms with van der Waals surface area (Å²) in [5.74, 6) is 1.32. The molecule has 1 saturated heterocycles. The zero-order valence-electron chi connectivity index (χ0n) is 19.9. The molecule has 2 aromatic heterocycles. The van der Waals surface area contributed by atoms with Gasteiger partial charge in [0.15, 0.2) is 17.0 Å². The lowest BCUT2D eigenvalue weighted by molar-refractivity contribution is 0.127. The molecule has 0 unspecified atom stereocenters. The molecular formula is C26H31BrN8. The molecule has 3 aliphatic rings. The molecular weight excluding hydrogens is 504 g/mol. The highest BCUT2D eigenvalue weighted by Crippen LogP contribution is 2.38. The Morgan fingerprint density at radius 1 is 0.943 bits per heavy atom. The Hall–Kier alpha value is -2.70. The Kier molecular flexibility index (Phi) is 6.33. The van der Waals surface area contributed by atoms with Crippen LogP contribution in [0.1, 0.15) is 69.4 Å². The van der Waals surface area contributed by atoms with Crippen LogP contribution in [0.5, 0.6) is 0 Å². The standard InChI is InChI=1S/C26H31BrN8/c27-18-12-17(15-28)13-20(14-18)30-24-23-25(35(16-29-23)22-8-9-22)33-26(32-24)31-19-4-6-21(7-5-19)34-10-2-1-3-11-34/h12-14,16,19,21-22H,1-11H2,(H2,30,31,32,33). The second kappa shape index (κ2) is 9.75. The van der Waals surface area contributed by atoms with E-state index in [1.54, 1.807) is 6.07 Å². The van der Waals surface area contributed by atoms with Gasteiger partial charge in [-0.25, -0.2) is 4.98 Å². The number of nitriles is 1. The lowest BCUT2D eigenvalue weighted by Crippen LogP contribution is -2.43. The average molecular weight is 535 g/mol. The van der Waals surface area contributed by atoms with E-state index in [-0.39, 0.29) is 0 Å². The number of fused-ring (bicyclic) bond motifs is 1. The molecule has 0 bridgehead atoms. The fraction of sp³-hybridized carbons (Fsp3) is 0.538. The van der Waals surface area contributed by atoms with Gasteiger partial charge in [0, 0.05) is 28.3 Å². The van der Waals surface area contributed by atoms with Crippen LogP contribution in [0.2, 0.25) is 0 Å². The van der Waals surface area contributed by atoms with Crippen LogP contribution in [-0.2, 0) is 0 Å². The van der Waals surface area contributed by atoms with E-state index in [0.29, 0.717) is 29.4 Å². The number of nitrogens with zero attached hydrogens (tertiary/aromatic N) is 6. The second-order valence-corrected chi connectivity index (χ2v) is 11.1. The molecule has 0 radical (unpaired) electrons. The zero-order valence-corrected chi connectivity index (χ0v) is 21.5. The Bertz CT molecular complexity index is 1250. The fourth-order valence-electron chi connectivity index (χ4n) is 5.60. The third kappa shape index (κ3) is 5.00. The van der Waals surface area contributed by atoms with Gasteiger partial charge in [0.2, 0.25) is 5.95 Å². The molecule has 0 atom stereocenters. The molecule has 2 N–H and O–H groups in total. The Morgan fingerprint density at radius 3 is 2.46 bits per heavy atom. The summed E-state index contributed by atoms with van der Waals surface area (Å²) < 4.78 is 3.03. The number of halogens is 1. The first kappa shape index (κ1) is 22.7. The third-order valence-electron chi connectivity index (χ3n) is 7.59. The Morgan fingerprint density at radius 2 is 1.71 bits per heavy atom. The monoisotopic (exact) mass is 534 g/mol. The van der Waals surface area contributed by atoms with Gasteiger partial charge in [0.05, 0.1) is 18.0 Å². The molecule has 3 heterocycles. The highest BCUT2D eigenvalue weighted by Gasteiger charge is 2.29. The first-order chi connectivity index (χ1) is 17.2. The van der Waals surface area contributed by atoms with Crippen molar-refractivity contribution < 1.29 is 0 Å². The quantitative estimate of drug-likeness (QED) is 0.415. The van der Waals surface area contributed by atoms with Crippen LogP contribution in [0.25, 0.3) is 11.2 Å². The van der Waals surface area contributed by atoms with Gasteiger partial charge >= 0.3 is 0 Å². The smallest absolute Gasteiger partial charge is 0.227 e. The second-order valence-electron chi connectivity index (χ2n) is 10.2. The van der Waals surface area contributed by atoms with Gasteiger partial charge in [-0.3, -0.25) is 0 Å². The van der Waals surface area contributed by atoms with Gasteiger partial charge in [-0.2, -0.15) is 15.2 Å². The van der Waals surface area contributed by atoms with E-state index in [4.69, 9.17) is 9.97 Å². The van der Waals surface area contributed by atoms with E-state index >= 15 is 0 Å². The SMILES string of the molecule is N#Cc1cc(Br)cc(Nc2nc(NC3CCC(N4CCCCC4)CC3)nc3c2ncn3C2CC2)c1. The molecule has 35 heavy (non-hydrogen) atoms. The zero-order chi connectivity index (χ0) is 23.8. The summed E-state index contributed by atoms with van der Waals surface area (Å²) in [6.45, 7) is 2.54. The number of likely N-dealkylation sites (tertiary alicyclic amines) is 1. The largest absolute Gasteiger partial charge is 0.351 e. The molecule has 3 fully saturated rings. The van der Waals surface area contributed by atoms with Crippen LogP contribution in [0, 0.1) is 11.3 Å². The number of aromatic nitrogens is 4. The molecule has 1 aromatic carbocycles. The van der Waals surface area contributed by atoms with E-state index < -0.39 is 0 Å². The van der Waals surface area contributed by atoms with Crippen molar-refractivity contribution in [3.05, 3.63) is 34.6 Å². The number of imidazole rings is 1. The van der Waals surface area contributed by atoms with Crippen LogP contribution in [0.3, 0.4) is 0 Å². The molecule has 9 heteroatoms. The molecule has 6 rings (SSSR count). The van der Waals surface area contributed by atoms with Crippen LogP contribution in [0.15, 0.2) is 29.0 Å². The lowest BCUT2D eigenvalue weighted by Gasteiger charge is -2.39. The van der Waals surface area contributed by atoms with E-state index in [1.165, 1.54) is 58.0 Å². The van der Waals surface area contributed by atoms with Crippen LogP contribution in [-0.4, -0.2) is 49.6 Å². The summed E-state index contributed by atoms with van der Waals surface area (Å²) in [5.41, 5.74) is 3.00. The highest BCUT2D eigenvalue weighted by molar-refractivity contribution is 9.10. The maximum atomic E-state index is 9.37. The first-order valence-corrected chi connectivity index (χ1v) is 13.7. The molecule has 2 aliphatic carbocycles. The summed E-state index contributed by atoms with van der Waals surface area (Å²) in [7, 11) is 0. The predicted molar refractivity (Wildman–Crippen MR) is 141 cm³/mol. The van der Waals surface area contributed by atoms with Crippen molar-refractivity contribution in [2.45, 2.75) is 75.9 Å². The number of benzene rings is 1. The van der Waals surface area contributed by atoms with E-state index in [1.807, 2.05) is 18.5 Å². The number of hydrogen-bond donors (Lipinski definition) is 2. The van der Waals surface area contributed by atoms with Gasteiger partial charge in [-0.15, -0.1) is 0 Å². The lowest BCUT2D eigenvalue weighted by atomic mass is 9.89. The van der Waals surface area contributed by atoms with Crippen LogP contribution >= 0.6 is 15.9 Å². The summed E-state index contributed by atoms with van der Waals surface area (Å²) in [4.78, 5) is 17.1. The van der Waals surface area contributed by atoms with Crippen molar-refractivity contribution in [1.29, 1.82) is 5.26 Å². The summed E-state index contributed by atoms with van der Waals surface area (Å²) >= 11 is 3.50. The minimum atomic E-state index is 0.384. The minimum Gasteiger partial charge on any atom is -0.351 e. The minimum absolute atomic E-state index is 0.384. The number of hydrogen-bond acceptors (Lipinski definition) is 7. The van der Waals surface area contributed by atoms with Crippen molar-refractivity contribution in [1.82, 2.24) is 24.4 Å². The number of nitrogens with one attached hydrogen (secondary N) is 2. The Labute approximate surface area is 214 Å². The van der Waals surface area contributed by atoms with Crippen molar-refractivity contribution in [3.63, 3.8) is 0 Å². The maximum Gasteiger partial charge on any atom is 0.227 e. The topological polar surface area (TPSA) is 94.7 Å². The average Bonchev–Trinajstić information content (AvgIpc) is 3.63. The van der Waals surface area contributed by atoms with E-state index in [2.05, 4.69) is 47.1 Å². The molecule has 0 spiro atoms. The van der Waals surface area contributed by atoms with E-state index in [0.717, 1.165) is 40.2 Å². The maximum absolute atomic E-state index is 9.37. The number of anilines is 3. The van der Waals surface area contributed by atoms with Gasteiger partial charge < -0.3 is 20.1 Å². The molecule has 0 amide bonds. The van der Waals surface area contributed by atoms with Crippen molar-refractivity contribution in [2.24, 2.45) is 0 Å². The Balaban J connectivity index is 1.24. The molecule has 182 valence electrons. The van der Waals surface area contributed by atoms with Crippen molar-refractivity contribution in [2.75, 3.05) is 23.7 Å².